The number of nitrogens with one attached hydrogen (secondary N) is 1. The predicted molar refractivity (Wildman–Crippen MR) is 119 cm³/mol. The predicted octanol–water partition coefficient (Wildman–Crippen LogP) is 5.35. The van der Waals surface area contributed by atoms with Crippen LogP contribution in [0.2, 0.25) is 0 Å². The van der Waals surface area contributed by atoms with Crippen LogP contribution in [0.4, 0.5) is 11.5 Å². The van der Waals surface area contributed by atoms with Gasteiger partial charge >= 0.3 is 5.97 Å². The van der Waals surface area contributed by atoms with E-state index in [-0.39, 0.29) is 12.4 Å². The van der Waals surface area contributed by atoms with Gasteiger partial charge in [-0.1, -0.05) is 25.1 Å². The van der Waals surface area contributed by atoms with Crippen molar-refractivity contribution in [2.75, 3.05) is 11.9 Å². The first kappa shape index (κ1) is 20.7. The molecule has 0 amide bonds. The number of nitrogens with zero attached hydrogens (tertiary/aromatic N) is 2. The van der Waals surface area contributed by atoms with Crippen LogP contribution < -0.4 is 5.32 Å². The van der Waals surface area contributed by atoms with Crippen LogP contribution in [0.15, 0.2) is 53.7 Å². The number of rotatable bonds is 9. The van der Waals surface area contributed by atoms with Crippen molar-refractivity contribution >= 4 is 28.8 Å². The van der Waals surface area contributed by atoms with Crippen LogP contribution in [0.3, 0.4) is 0 Å². The van der Waals surface area contributed by atoms with Crippen LogP contribution >= 0.6 is 11.3 Å². The molecule has 0 unspecified atom stereocenters. The molecule has 2 aromatic heterocycles. The van der Waals surface area contributed by atoms with E-state index < -0.39 is 0 Å². The molecule has 0 bridgehead atoms. The van der Waals surface area contributed by atoms with Gasteiger partial charge in [0.25, 0.3) is 0 Å². The quantitative estimate of drug-likeness (QED) is 0.383. The van der Waals surface area contributed by atoms with Crippen molar-refractivity contribution in [1.29, 1.82) is 0 Å². The molecule has 6 heteroatoms. The van der Waals surface area contributed by atoms with E-state index in [1.807, 2.05) is 48.7 Å². The molecule has 0 radical (unpaired) electrons. The molecule has 5 nitrogen and oxygen atoms in total. The summed E-state index contributed by atoms with van der Waals surface area (Å²) in [4.78, 5) is 21.2. The fraction of sp³-hybridized carbons (Fsp3) is 0.261. The average Bonchev–Trinajstić information content (AvgIpc) is 3.26. The Morgan fingerprint density at radius 3 is 2.62 bits per heavy atom. The number of ether oxygens (including phenoxy) is 1. The van der Waals surface area contributed by atoms with Crippen molar-refractivity contribution in [2.45, 2.75) is 33.1 Å². The number of carbonyl (C=O) groups excluding carboxylic acids is 1. The Bertz CT molecular complexity index is 967. The first-order valence-corrected chi connectivity index (χ1v) is 10.6. The summed E-state index contributed by atoms with van der Waals surface area (Å²) in [6, 6.07) is 9.78. The number of aromatic nitrogens is 2. The van der Waals surface area contributed by atoms with Crippen LogP contribution in [-0.2, 0) is 28.8 Å². The number of anilines is 2. The van der Waals surface area contributed by atoms with E-state index in [1.54, 1.807) is 11.3 Å². The van der Waals surface area contributed by atoms with Crippen LogP contribution in [0, 0.1) is 0 Å². The van der Waals surface area contributed by atoms with E-state index in [0.717, 1.165) is 46.1 Å². The van der Waals surface area contributed by atoms with E-state index in [0.29, 0.717) is 13.0 Å². The molecular weight excluding hydrogens is 382 g/mol. The Labute approximate surface area is 175 Å². The van der Waals surface area contributed by atoms with Crippen molar-refractivity contribution < 1.29 is 9.53 Å². The highest BCUT2D eigenvalue weighted by Gasteiger charge is 2.14. The van der Waals surface area contributed by atoms with Crippen molar-refractivity contribution in [2.24, 2.45) is 0 Å². The summed E-state index contributed by atoms with van der Waals surface area (Å²) in [7, 11) is 0. The van der Waals surface area contributed by atoms with Gasteiger partial charge in [-0.25, -0.2) is 9.97 Å². The maximum absolute atomic E-state index is 11.7. The number of allylic oxidation sites excluding steroid dienone is 1. The van der Waals surface area contributed by atoms with Gasteiger partial charge in [0.2, 0.25) is 0 Å². The maximum Gasteiger partial charge on any atom is 0.310 e. The number of hydrogen-bond acceptors (Lipinski definition) is 6. The molecule has 150 valence electrons. The van der Waals surface area contributed by atoms with Crippen molar-refractivity contribution in [3.63, 3.8) is 0 Å². The number of benzene rings is 1. The zero-order chi connectivity index (χ0) is 20.6. The summed E-state index contributed by atoms with van der Waals surface area (Å²) in [5.74, 6) is 1.29. The summed E-state index contributed by atoms with van der Waals surface area (Å²) >= 11 is 1.63. The van der Waals surface area contributed by atoms with Gasteiger partial charge in [-0.05, 0) is 48.9 Å². The molecule has 29 heavy (non-hydrogen) atoms. The highest BCUT2D eigenvalue weighted by Crippen LogP contribution is 2.27. The largest absolute Gasteiger partial charge is 0.466 e. The van der Waals surface area contributed by atoms with Gasteiger partial charge in [-0.2, -0.15) is 11.3 Å². The topological polar surface area (TPSA) is 64.1 Å². The minimum absolute atomic E-state index is 0.217. The monoisotopic (exact) mass is 407 g/mol. The summed E-state index contributed by atoms with van der Waals surface area (Å²) < 4.78 is 5.01. The fourth-order valence-electron chi connectivity index (χ4n) is 3.03. The third kappa shape index (κ3) is 5.29. The summed E-state index contributed by atoms with van der Waals surface area (Å²) in [6.45, 7) is 8.18. The second-order valence-electron chi connectivity index (χ2n) is 6.48. The molecular formula is C23H25N3O2S. The number of carbonyl (C=O) groups is 1. The molecule has 0 spiro atoms. The van der Waals surface area contributed by atoms with Gasteiger partial charge < -0.3 is 10.1 Å². The first-order valence-electron chi connectivity index (χ1n) is 9.69. The van der Waals surface area contributed by atoms with E-state index in [2.05, 4.69) is 24.2 Å². The lowest BCUT2D eigenvalue weighted by Gasteiger charge is -2.15. The molecule has 0 fully saturated rings. The lowest BCUT2D eigenvalue weighted by atomic mass is 10.1. The van der Waals surface area contributed by atoms with Crippen LogP contribution in [0.25, 0.3) is 11.4 Å². The maximum atomic E-state index is 11.7. The minimum Gasteiger partial charge on any atom is -0.466 e. The average molecular weight is 408 g/mol. The van der Waals surface area contributed by atoms with E-state index in [4.69, 9.17) is 14.7 Å². The lowest BCUT2D eigenvalue weighted by molar-refractivity contribution is -0.142. The first-order chi connectivity index (χ1) is 14.1. The van der Waals surface area contributed by atoms with Gasteiger partial charge in [0, 0.05) is 27.9 Å². The Kier molecular flexibility index (Phi) is 7.14. The number of thiophene rings is 1. The fourth-order valence-corrected chi connectivity index (χ4v) is 3.66. The molecule has 1 aromatic carbocycles. The second kappa shape index (κ2) is 9.98. The normalized spacial score (nSPS) is 10.6. The van der Waals surface area contributed by atoms with E-state index >= 15 is 0 Å². The highest BCUT2D eigenvalue weighted by molar-refractivity contribution is 7.08. The molecule has 0 aliphatic carbocycles. The van der Waals surface area contributed by atoms with Crippen LogP contribution in [0.5, 0.6) is 0 Å². The number of aryl methyl sites for hydroxylation is 1. The molecule has 0 saturated carbocycles. The number of hydrogen-bond donors (Lipinski definition) is 1. The van der Waals surface area contributed by atoms with E-state index in [9.17, 15) is 4.79 Å². The molecule has 2 heterocycles. The third-order valence-corrected chi connectivity index (χ3v) is 5.11. The van der Waals surface area contributed by atoms with Crippen molar-refractivity contribution in [1.82, 2.24) is 9.97 Å². The zero-order valence-corrected chi connectivity index (χ0v) is 17.6. The van der Waals surface area contributed by atoms with Crippen molar-refractivity contribution in [3.8, 4) is 11.4 Å². The smallest absolute Gasteiger partial charge is 0.310 e. The highest BCUT2D eigenvalue weighted by atomic mass is 32.1. The molecule has 0 saturated heterocycles. The molecule has 0 atom stereocenters. The molecule has 3 aromatic rings. The Hall–Kier alpha value is -2.99. The van der Waals surface area contributed by atoms with Gasteiger partial charge in [0.1, 0.15) is 5.82 Å². The summed E-state index contributed by atoms with van der Waals surface area (Å²) in [6.07, 6.45) is 3.65. The summed E-state index contributed by atoms with van der Waals surface area (Å²) in [5.41, 5.74) is 4.90. The SMILES string of the molecule is C=CCc1c(CC)nc(-c2ccsc2)nc1Nc1ccc(CC(=O)OCC)cc1. The number of esters is 1. The van der Waals surface area contributed by atoms with Gasteiger partial charge in [-0.3, -0.25) is 4.79 Å². The molecule has 0 aliphatic heterocycles. The Morgan fingerprint density at radius 1 is 1.21 bits per heavy atom. The van der Waals surface area contributed by atoms with Crippen LogP contribution in [-0.4, -0.2) is 22.5 Å². The Morgan fingerprint density at radius 2 is 2.00 bits per heavy atom. The zero-order valence-electron chi connectivity index (χ0n) is 16.8. The van der Waals surface area contributed by atoms with Gasteiger partial charge in [0.15, 0.2) is 5.82 Å². The Balaban J connectivity index is 1.89. The van der Waals surface area contributed by atoms with Gasteiger partial charge in [-0.15, -0.1) is 6.58 Å². The summed E-state index contributed by atoms with van der Waals surface area (Å²) in [5, 5.41) is 7.51. The molecule has 3 rings (SSSR count). The van der Waals surface area contributed by atoms with Crippen molar-refractivity contribution in [3.05, 3.63) is 70.6 Å². The minimum atomic E-state index is -0.217. The van der Waals surface area contributed by atoms with Crippen LogP contribution in [0.1, 0.15) is 30.7 Å². The third-order valence-electron chi connectivity index (χ3n) is 4.43. The van der Waals surface area contributed by atoms with E-state index in [1.165, 1.54) is 0 Å². The second-order valence-corrected chi connectivity index (χ2v) is 7.26. The van der Waals surface area contributed by atoms with Gasteiger partial charge in [0.05, 0.1) is 13.0 Å². The molecule has 1 N–H and O–H groups in total. The molecule has 0 aliphatic rings. The lowest BCUT2D eigenvalue weighted by Crippen LogP contribution is -2.08. The standard InChI is InChI=1S/C23H25N3O2S/c1-4-7-19-20(5-2)25-22(17-12-13-29-15-17)26-23(19)24-18-10-8-16(9-11-18)14-21(27)28-6-3/h4,8-13,15H,1,5-7,14H2,2-3H3,(H,24,25,26).